The number of amides is 1. The van der Waals surface area contributed by atoms with Crippen molar-refractivity contribution in [1.29, 1.82) is 0 Å². The van der Waals surface area contributed by atoms with Crippen LogP contribution in [-0.2, 0) is 10.0 Å². The van der Waals surface area contributed by atoms with E-state index in [-0.39, 0.29) is 16.8 Å². The Balaban J connectivity index is 2.13. The number of rotatable bonds is 7. The fourth-order valence-electron chi connectivity index (χ4n) is 2.59. The van der Waals surface area contributed by atoms with Crippen molar-refractivity contribution < 1.29 is 13.2 Å². The van der Waals surface area contributed by atoms with Gasteiger partial charge in [0.25, 0.3) is 5.91 Å². The summed E-state index contributed by atoms with van der Waals surface area (Å²) in [5, 5.41) is 2.92. The Morgan fingerprint density at radius 3 is 2.08 bits per heavy atom. The van der Waals surface area contributed by atoms with Crippen molar-refractivity contribution in [1.82, 2.24) is 9.62 Å². The number of benzene rings is 2. The van der Waals surface area contributed by atoms with E-state index in [0.717, 1.165) is 5.56 Å². The molecule has 0 fully saturated rings. The highest BCUT2D eigenvalue weighted by Gasteiger charge is 2.21. The van der Waals surface area contributed by atoms with E-state index in [0.29, 0.717) is 18.7 Å². The Kier molecular flexibility index (Phi) is 6.33. The molecular weight excluding hydrogens is 336 g/mol. The van der Waals surface area contributed by atoms with Crippen molar-refractivity contribution in [3.8, 4) is 0 Å². The lowest BCUT2D eigenvalue weighted by molar-refractivity contribution is 0.0940. The maximum Gasteiger partial charge on any atom is 0.251 e. The molecule has 0 saturated heterocycles. The number of nitrogens with zero attached hydrogens (tertiary/aromatic N) is 1. The van der Waals surface area contributed by atoms with Crippen LogP contribution >= 0.6 is 0 Å². The average Bonchev–Trinajstić information content (AvgIpc) is 2.63. The summed E-state index contributed by atoms with van der Waals surface area (Å²) >= 11 is 0. The number of hydrogen-bond donors (Lipinski definition) is 1. The molecule has 0 radical (unpaired) electrons. The van der Waals surface area contributed by atoms with E-state index in [2.05, 4.69) is 5.32 Å². The first-order valence-electron chi connectivity index (χ1n) is 8.36. The standard InChI is InChI=1S/C19H24N2O3S/c1-4-21(5-2)25(23,24)18-13-11-16(12-14-18)15(3)20-19(22)17-9-7-6-8-10-17/h6-15H,4-5H2,1-3H3,(H,20,22). The summed E-state index contributed by atoms with van der Waals surface area (Å²) in [6.45, 7) is 6.37. The van der Waals surface area contributed by atoms with Gasteiger partial charge in [-0.05, 0) is 36.8 Å². The maximum atomic E-state index is 12.5. The van der Waals surface area contributed by atoms with Gasteiger partial charge in [0.1, 0.15) is 0 Å². The van der Waals surface area contributed by atoms with Crippen molar-refractivity contribution in [3.63, 3.8) is 0 Å². The summed E-state index contributed by atoms with van der Waals surface area (Å²) in [4.78, 5) is 12.5. The molecule has 0 aromatic heterocycles. The summed E-state index contributed by atoms with van der Waals surface area (Å²) in [5.41, 5.74) is 1.44. The number of carbonyl (C=O) groups excluding carboxylic acids is 1. The quantitative estimate of drug-likeness (QED) is 0.824. The van der Waals surface area contributed by atoms with Gasteiger partial charge in [-0.15, -0.1) is 0 Å². The first kappa shape index (κ1) is 19.1. The fourth-order valence-corrected chi connectivity index (χ4v) is 4.05. The van der Waals surface area contributed by atoms with Crippen LogP contribution in [0.3, 0.4) is 0 Å². The fraction of sp³-hybridized carbons (Fsp3) is 0.316. The van der Waals surface area contributed by atoms with Gasteiger partial charge in [0.05, 0.1) is 10.9 Å². The van der Waals surface area contributed by atoms with Crippen LogP contribution in [0.2, 0.25) is 0 Å². The highest BCUT2D eigenvalue weighted by molar-refractivity contribution is 7.89. The number of carbonyl (C=O) groups is 1. The van der Waals surface area contributed by atoms with E-state index in [9.17, 15) is 13.2 Å². The van der Waals surface area contributed by atoms with E-state index < -0.39 is 10.0 Å². The number of hydrogen-bond acceptors (Lipinski definition) is 3. The average molecular weight is 360 g/mol. The van der Waals surface area contributed by atoms with Gasteiger partial charge in [-0.25, -0.2) is 8.42 Å². The van der Waals surface area contributed by atoms with Crippen LogP contribution in [-0.4, -0.2) is 31.7 Å². The predicted octanol–water partition coefficient (Wildman–Crippen LogP) is 3.21. The predicted molar refractivity (Wildman–Crippen MR) is 98.9 cm³/mol. The molecule has 0 bridgehead atoms. The Morgan fingerprint density at radius 1 is 1.00 bits per heavy atom. The molecular formula is C19H24N2O3S. The Bertz CT molecular complexity index is 798. The van der Waals surface area contributed by atoms with Crippen molar-refractivity contribution in [2.24, 2.45) is 0 Å². The molecule has 0 heterocycles. The molecule has 2 rings (SSSR count). The van der Waals surface area contributed by atoms with Gasteiger partial charge in [-0.1, -0.05) is 44.2 Å². The molecule has 0 aliphatic heterocycles. The lowest BCUT2D eigenvalue weighted by Gasteiger charge is -2.19. The molecule has 0 aliphatic rings. The van der Waals surface area contributed by atoms with Crippen LogP contribution in [0.25, 0.3) is 0 Å². The second-order valence-corrected chi connectivity index (χ2v) is 7.66. The molecule has 0 saturated carbocycles. The Labute approximate surface area is 149 Å². The third kappa shape index (κ3) is 4.46. The molecule has 6 heteroatoms. The number of sulfonamides is 1. The molecule has 2 aromatic rings. The highest BCUT2D eigenvalue weighted by Crippen LogP contribution is 2.19. The zero-order chi connectivity index (χ0) is 18.4. The van der Waals surface area contributed by atoms with Crippen LogP contribution in [0, 0.1) is 0 Å². The first-order chi connectivity index (χ1) is 11.9. The van der Waals surface area contributed by atoms with E-state index in [1.54, 1.807) is 36.4 Å². The third-order valence-electron chi connectivity index (χ3n) is 4.11. The van der Waals surface area contributed by atoms with E-state index >= 15 is 0 Å². The molecule has 1 atom stereocenters. The van der Waals surface area contributed by atoms with Gasteiger partial charge in [0, 0.05) is 18.7 Å². The molecule has 1 unspecified atom stereocenters. The molecule has 1 amide bonds. The smallest absolute Gasteiger partial charge is 0.251 e. The molecule has 5 nitrogen and oxygen atoms in total. The third-order valence-corrected chi connectivity index (χ3v) is 6.17. The SMILES string of the molecule is CCN(CC)S(=O)(=O)c1ccc(C(C)NC(=O)c2ccccc2)cc1. The first-order valence-corrected chi connectivity index (χ1v) is 9.80. The van der Waals surface area contributed by atoms with E-state index in [1.807, 2.05) is 39.0 Å². The summed E-state index contributed by atoms with van der Waals surface area (Å²) < 4.78 is 26.4. The second kappa shape index (κ2) is 8.27. The minimum absolute atomic E-state index is 0.159. The highest BCUT2D eigenvalue weighted by atomic mass is 32.2. The topological polar surface area (TPSA) is 66.5 Å². The van der Waals surface area contributed by atoms with E-state index in [1.165, 1.54) is 4.31 Å². The molecule has 1 N–H and O–H groups in total. The van der Waals surface area contributed by atoms with Crippen LogP contribution in [0.4, 0.5) is 0 Å². The van der Waals surface area contributed by atoms with Crippen molar-refractivity contribution >= 4 is 15.9 Å². The second-order valence-electron chi connectivity index (χ2n) is 5.72. The molecule has 134 valence electrons. The molecule has 0 spiro atoms. The van der Waals surface area contributed by atoms with Gasteiger partial charge in [0.15, 0.2) is 0 Å². The lowest BCUT2D eigenvalue weighted by Crippen LogP contribution is -2.30. The molecule has 2 aromatic carbocycles. The van der Waals surface area contributed by atoms with Crippen LogP contribution in [0.15, 0.2) is 59.5 Å². The van der Waals surface area contributed by atoms with Crippen LogP contribution < -0.4 is 5.32 Å². The Hall–Kier alpha value is -2.18. The maximum absolute atomic E-state index is 12.5. The summed E-state index contributed by atoms with van der Waals surface area (Å²) in [5.74, 6) is -0.159. The van der Waals surface area contributed by atoms with Gasteiger partial charge in [-0.3, -0.25) is 4.79 Å². The zero-order valence-electron chi connectivity index (χ0n) is 14.8. The van der Waals surface area contributed by atoms with Crippen LogP contribution in [0.1, 0.15) is 42.7 Å². The normalized spacial score (nSPS) is 12.8. The Morgan fingerprint density at radius 2 is 1.56 bits per heavy atom. The van der Waals surface area contributed by atoms with Crippen molar-refractivity contribution in [2.75, 3.05) is 13.1 Å². The van der Waals surface area contributed by atoms with Gasteiger partial charge in [-0.2, -0.15) is 4.31 Å². The molecule has 25 heavy (non-hydrogen) atoms. The summed E-state index contributed by atoms with van der Waals surface area (Å²) in [6.07, 6.45) is 0. The minimum Gasteiger partial charge on any atom is -0.346 e. The van der Waals surface area contributed by atoms with Gasteiger partial charge >= 0.3 is 0 Å². The zero-order valence-corrected chi connectivity index (χ0v) is 15.6. The largest absolute Gasteiger partial charge is 0.346 e. The van der Waals surface area contributed by atoms with E-state index in [4.69, 9.17) is 0 Å². The molecule has 0 aliphatic carbocycles. The minimum atomic E-state index is -3.46. The van der Waals surface area contributed by atoms with Gasteiger partial charge in [0.2, 0.25) is 10.0 Å². The number of nitrogens with one attached hydrogen (secondary N) is 1. The monoisotopic (exact) mass is 360 g/mol. The summed E-state index contributed by atoms with van der Waals surface area (Å²) in [6, 6.07) is 15.4. The summed E-state index contributed by atoms with van der Waals surface area (Å²) in [7, 11) is -3.46. The van der Waals surface area contributed by atoms with Crippen LogP contribution in [0.5, 0.6) is 0 Å². The lowest BCUT2D eigenvalue weighted by atomic mass is 10.1. The van der Waals surface area contributed by atoms with Crippen molar-refractivity contribution in [3.05, 3.63) is 65.7 Å². The van der Waals surface area contributed by atoms with Gasteiger partial charge < -0.3 is 5.32 Å². The van der Waals surface area contributed by atoms with Crippen molar-refractivity contribution in [2.45, 2.75) is 31.7 Å².